The number of hydrazine groups is 1. The second kappa shape index (κ2) is 6.80. The largest absolute Gasteiger partial charge is 0.464 e. The Labute approximate surface area is 154 Å². The number of pyridine rings is 1. The van der Waals surface area contributed by atoms with Crippen molar-refractivity contribution < 1.29 is 14.3 Å². The minimum absolute atomic E-state index is 0.0691. The molecule has 0 aliphatic carbocycles. The summed E-state index contributed by atoms with van der Waals surface area (Å²) in [5, 5.41) is 1.62. The number of hydrogen-bond donors (Lipinski definition) is 3. The van der Waals surface area contributed by atoms with E-state index in [-0.39, 0.29) is 11.4 Å². The van der Waals surface area contributed by atoms with Gasteiger partial charge in [0.25, 0.3) is 5.91 Å². The van der Waals surface area contributed by atoms with Crippen LogP contribution in [0.3, 0.4) is 0 Å². The zero-order chi connectivity index (χ0) is 18.8. The fraction of sp³-hybridized carbons (Fsp3) is 0.0500. The normalized spacial score (nSPS) is 10.7. The van der Waals surface area contributed by atoms with Gasteiger partial charge in [-0.05, 0) is 24.3 Å². The van der Waals surface area contributed by atoms with E-state index in [1.165, 1.54) is 7.11 Å². The van der Waals surface area contributed by atoms with E-state index in [4.69, 9.17) is 4.74 Å². The van der Waals surface area contributed by atoms with Crippen molar-refractivity contribution in [3.8, 4) is 0 Å². The van der Waals surface area contributed by atoms with Crippen LogP contribution < -0.4 is 10.9 Å². The van der Waals surface area contributed by atoms with Crippen molar-refractivity contribution >= 4 is 39.4 Å². The maximum Gasteiger partial charge on any atom is 0.356 e. The van der Waals surface area contributed by atoms with Crippen LogP contribution in [0.5, 0.6) is 0 Å². The SMILES string of the molecule is COC(=O)c1cc2c([nH]c3ccccc32)c(C(=O)NNc2ccccc2)n1. The standard InChI is InChI=1S/C20H16N4O3/c1-27-20(26)16-11-14-13-9-5-6-10-15(13)21-17(14)18(22-16)19(25)24-23-12-7-3-2-4-8-12/h2-11,21,23H,1H3,(H,24,25). The van der Waals surface area contributed by atoms with E-state index in [1.807, 2.05) is 54.6 Å². The number of ether oxygens (including phenoxy) is 1. The van der Waals surface area contributed by atoms with Gasteiger partial charge < -0.3 is 9.72 Å². The number of H-pyrrole nitrogens is 1. The third-order valence-electron chi connectivity index (χ3n) is 4.20. The lowest BCUT2D eigenvalue weighted by molar-refractivity contribution is 0.0594. The fourth-order valence-electron chi connectivity index (χ4n) is 2.93. The molecule has 1 amide bonds. The fourth-order valence-corrected chi connectivity index (χ4v) is 2.93. The van der Waals surface area contributed by atoms with Gasteiger partial charge in [-0.25, -0.2) is 9.78 Å². The molecule has 27 heavy (non-hydrogen) atoms. The third-order valence-corrected chi connectivity index (χ3v) is 4.20. The number of aromatic amines is 1. The molecule has 2 heterocycles. The average molecular weight is 360 g/mol. The second-order valence-corrected chi connectivity index (χ2v) is 5.89. The predicted octanol–water partition coefficient (Wildman–Crippen LogP) is 3.26. The monoisotopic (exact) mass is 360 g/mol. The number of carbonyl (C=O) groups is 2. The van der Waals surface area contributed by atoms with Gasteiger partial charge in [0, 0.05) is 16.3 Å². The maximum atomic E-state index is 12.8. The molecule has 0 aliphatic rings. The summed E-state index contributed by atoms with van der Waals surface area (Å²) >= 11 is 0. The van der Waals surface area contributed by atoms with Crippen molar-refractivity contribution in [2.75, 3.05) is 12.5 Å². The van der Waals surface area contributed by atoms with Gasteiger partial charge in [-0.1, -0.05) is 36.4 Å². The summed E-state index contributed by atoms with van der Waals surface area (Å²) < 4.78 is 4.78. The van der Waals surface area contributed by atoms with Crippen LogP contribution in [0.15, 0.2) is 60.7 Å². The number of rotatable bonds is 4. The number of anilines is 1. The molecule has 0 saturated carbocycles. The molecule has 0 unspecified atom stereocenters. The van der Waals surface area contributed by atoms with Gasteiger partial charge in [-0.3, -0.25) is 15.6 Å². The molecule has 0 radical (unpaired) electrons. The quantitative estimate of drug-likeness (QED) is 0.383. The number of carbonyl (C=O) groups excluding carboxylic acids is 2. The Bertz CT molecular complexity index is 1150. The highest BCUT2D eigenvalue weighted by atomic mass is 16.5. The molecular formula is C20H16N4O3. The molecule has 7 heteroatoms. The van der Waals surface area contributed by atoms with E-state index >= 15 is 0 Å². The first-order valence-corrected chi connectivity index (χ1v) is 8.28. The van der Waals surface area contributed by atoms with Crippen LogP contribution in [0.1, 0.15) is 21.0 Å². The van der Waals surface area contributed by atoms with Gasteiger partial charge in [-0.2, -0.15) is 0 Å². The van der Waals surface area contributed by atoms with E-state index in [2.05, 4.69) is 20.8 Å². The average Bonchev–Trinajstić information content (AvgIpc) is 3.10. The Morgan fingerprint density at radius 1 is 1.00 bits per heavy atom. The van der Waals surface area contributed by atoms with Gasteiger partial charge >= 0.3 is 5.97 Å². The maximum absolute atomic E-state index is 12.8. The molecule has 3 N–H and O–H groups in total. The molecule has 134 valence electrons. The van der Waals surface area contributed by atoms with Gasteiger partial charge in [0.1, 0.15) is 5.69 Å². The summed E-state index contributed by atoms with van der Waals surface area (Å²) in [7, 11) is 1.28. The zero-order valence-corrected chi connectivity index (χ0v) is 14.4. The number of amides is 1. The number of fused-ring (bicyclic) bond motifs is 3. The number of para-hydroxylation sites is 2. The van der Waals surface area contributed by atoms with Gasteiger partial charge in [0.15, 0.2) is 5.69 Å². The van der Waals surface area contributed by atoms with Gasteiger partial charge in [0.2, 0.25) is 0 Å². The van der Waals surface area contributed by atoms with Crippen LogP contribution in [0, 0.1) is 0 Å². The lowest BCUT2D eigenvalue weighted by Crippen LogP contribution is -2.30. The van der Waals surface area contributed by atoms with E-state index in [0.29, 0.717) is 5.52 Å². The van der Waals surface area contributed by atoms with Crippen molar-refractivity contribution in [1.29, 1.82) is 0 Å². The van der Waals surface area contributed by atoms with Crippen LogP contribution >= 0.6 is 0 Å². The van der Waals surface area contributed by atoms with E-state index in [1.54, 1.807) is 6.07 Å². The smallest absolute Gasteiger partial charge is 0.356 e. The molecule has 0 fully saturated rings. The number of esters is 1. The van der Waals surface area contributed by atoms with Crippen LogP contribution in [0.4, 0.5) is 5.69 Å². The van der Waals surface area contributed by atoms with Gasteiger partial charge in [0.05, 0.1) is 18.3 Å². The van der Waals surface area contributed by atoms with Crippen molar-refractivity contribution in [3.63, 3.8) is 0 Å². The van der Waals surface area contributed by atoms with Crippen molar-refractivity contribution in [3.05, 3.63) is 72.1 Å². The van der Waals surface area contributed by atoms with Crippen LogP contribution in [-0.4, -0.2) is 29.0 Å². The molecule has 0 spiro atoms. The number of benzene rings is 2. The Morgan fingerprint density at radius 3 is 2.52 bits per heavy atom. The number of aromatic nitrogens is 2. The van der Waals surface area contributed by atoms with Gasteiger partial charge in [-0.15, -0.1) is 0 Å². The first-order chi connectivity index (χ1) is 13.2. The summed E-state index contributed by atoms with van der Waals surface area (Å²) in [6.07, 6.45) is 0. The molecular weight excluding hydrogens is 344 g/mol. The van der Waals surface area contributed by atoms with Crippen LogP contribution in [0.25, 0.3) is 21.8 Å². The Morgan fingerprint density at radius 2 is 1.74 bits per heavy atom. The second-order valence-electron chi connectivity index (χ2n) is 5.89. The molecule has 7 nitrogen and oxygen atoms in total. The highest BCUT2D eigenvalue weighted by Gasteiger charge is 2.20. The van der Waals surface area contributed by atoms with Crippen molar-refractivity contribution in [2.24, 2.45) is 0 Å². The summed E-state index contributed by atoms with van der Waals surface area (Å²) in [6, 6.07) is 18.4. The third kappa shape index (κ3) is 3.06. The van der Waals surface area contributed by atoms with Crippen LogP contribution in [-0.2, 0) is 4.74 Å². The number of nitrogens with one attached hydrogen (secondary N) is 3. The first-order valence-electron chi connectivity index (χ1n) is 8.28. The highest BCUT2D eigenvalue weighted by Crippen LogP contribution is 2.27. The molecule has 2 aromatic carbocycles. The molecule has 4 aromatic rings. The lowest BCUT2D eigenvalue weighted by Gasteiger charge is -2.09. The highest BCUT2D eigenvalue weighted by molar-refractivity contribution is 6.15. The Kier molecular flexibility index (Phi) is 4.18. The number of nitrogens with zero attached hydrogens (tertiary/aromatic N) is 1. The molecule has 4 rings (SSSR count). The molecule has 0 aliphatic heterocycles. The first kappa shape index (κ1) is 16.6. The lowest BCUT2D eigenvalue weighted by atomic mass is 10.1. The Balaban J connectivity index is 1.80. The summed E-state index contributed by atoms with van der Waals surface area (Å²) in [5.41, 5.74) is 7.75. The van der Waals surface area contributed by atoms with E-state index < -0.39 is 11.9 Å². The number of methoxy groups -OCH3 is 1. The number of hydrogen-bond acceptors (Lipinski definition) is 5. The Hall–Kier alpha value is -3.87. The minimum Gasteiger partial charge on any atom is -0.464 e. The van der Waals surface area contributed by atoms with E-state index in [0.717, 1.165) is 22.0 Å². The molecule has 0 bridgehead atoms. The topological polar surface area (TPSA) is 96.1 Å². The summed E-state index contributed by atoms with van der Waals surface area (Å²) in [5.74, 6) is -1.08. The summed E-state index contributed by atoms with van der Waals surface area (Å²) in [4.78, 5) is 32.2. The van der Waals surface area contributed by atoms with Crippen LogP contribution in [0.2, 0.25) is 0 Å². The molecule has 0 saturated heterocycles. The molecule has 2 aromatic heterocycles. The zero-order valence-electron chi connectivity index (χ0n) is 14.4. The van der Waals surface area contributed by atoms with Crippen molar-refractivity contribution in [2.45, 2.75) is 0 Å². The van der Waals surface area contributed by atoms with E-state index in [9.17, 15) is 9.59 Å². The summed E-state index contributed by atoms with van der Waals surface area (Å²) in [6.45, 7) is 0. The minimum atomic E-state index is -0.604. The van der Waals surface area contributed by atoms with Crippen molar-refractivity contribution in [1.82, 2.24) is 15.4 Å². The molecule has 0 atom stereocenters. The predicted molar refractivity (Wildman–Crippen MR) is 102 cm³/mol.